The van der Waals surface area contributed by atoms with E-state index in [9.17, 15) is 8.42 Å². The molecule has 0 aliphatic rings. The topological polar surface area (TPSA) is 68.1 Å². The minimum Gasteiger partial charge on any atom is -0.305 e. The quantitative estimate of drug-likeness (QED) is 0.800. The van der Waals surface area contributed by atoms with Crippen LogP contribution in [0.2, 0.25) is 0 Å². The monoisotopic (exact) mass is 318 g/mol. The van der Waals surface area contributed by atoms with Crippen molar-refractivity contribution in [2.45, 2.75) is 9.37 Å². The minimum atomic E-state index is -3.39. The predicted molar refractivity (Wildman–Crippen MR) is 77.0 cm³/mol. The van der Waals surface area contributed by atoms with Crippen LogP contribution in [0.4, 0.5) is 0 Å². The van der Waals surface area contributed by atoms with Gasteiger partial charge in [-0.3, -0.25) is 0 Å². The molecule has 0 spiro atoms. The first-order valence-corrected chi connectivity index (χ1v) is 8.82. The summed E-state index contributed by atoms with van der Waals surface area (Å²) in [5, 5.41) is 8.92. The van der Waals surface area contributed by atoms with Crippen LogP contribution in [0, 0.1) is 0 Å². The van der Waals surface area contributed by atoms with Crippen LogP contribution < -0.4 is 0 Å². The molecule has 0 unspecified atom stereocenters. The maximum absolute atomic E-state index is 12.0. The second-order valence-electron chi connectivity index (χ2n) is 3.98. The molecule has 0 fully saturated rings. The SMILES string of the molecule is CSc1nnc(-c2ccc(S(=O)(=O)N(C)C)s2)n1C. The number of hydrogen-bond donors (Lipinski definition) is 0. The van der Waals surface area contributed by atoms with E-state index in [0.717, 1.165) is 10.0 Å². The van der Waals surface area contributed by atoms with Gasteiger partial charge in [0.2, 0.25) is 0 Å². The molecule has 0 aliphatic carbocycles. The Labute approximate surface area is 120 Å². The van der Waals surface area contributed by atoms with Crippen molar-refractivity contribution in [3.05, 3.63) is 12.1 Å². The van der Waals surface area contributed by atoms with Crippen molar-refractivity contribution in [1.29, 1.82) is 0 Å². The molecule has 6 nitrogen and oxygen atoms in total. The molecule has 0 amide bonds. The zero-order chi connectivity index (χ0) is 14.2. The molecule has 2 aromatic rings. The van der Waals surface area contributed by atoms with Crippen molar-refractivity contribution in [3.8, 4) is 10.7 Å². The van der Waals surface area contributed by atoms with E-state index in [0.29, 0.717) is 10.0 Å². The fraction of sp³-hybridized carbons (Fsp3) is 0.400. The number of thioether (sulfide) groups is 1. The Balaban J connectivity index is 2.44. The van der Waals surface area contributed by atoms with Crippen LogP contribution in [0.5, 0.6) is 0 Å². The summed E-state index contributed by atoms with van der Waals surface area (Å²) in [5.74, 6) is 0.676. The molecule has 2 rings (SSSR count). The highest BCUT2D eigenvalue weighted by Gasteiger charge is 2.21. The Hall–Kier alpha value is -0.900. The summed E-state index contributed by atoms with van der Waals surface area (Å²) >= 11 is 2.69. The van der Waals surface area contributed by atoms with Gasteiger partial charge in [-0.2, -0.15) is 0 Å². The van der Waals surface area contributed by atoms with Gasteiger partial charge in [-0.1, -0.05) is 11.8 Å². The molecule has 104 valence electrons. The van der Waals surface area contributed by atoms with Gasteiger partial charge in [-0.25, -0.2) is 12.7 Å². The van der Waals surface area contributed by atoms with Crippen molar-refractivity contribution in [2.24, 2.45) is 7.05 Å². The minimum absolute atomic E-state index is 0.307. The van der Waals surface area contributed by atoms with E-state index in [1.54, 1.807) is 12.1 Å². The third-order valence-corrected chi connectivity index (χ3v) is 6.64. The molecule has 0 N–H and O–H groups in total. The van der Waals surface area contributed by atoms with Gasteiger partial charge in [0.25, 0.3) is 10.0 Å². The summed E-state index contributed by atoms with van der Waals surface area (Å²) in [6.07, 6.45) is 1.92. The highest BCUT2D eigenvalue weighted by atomic mass is 32.2. The number of aromatic nitrogens is 3. The van der Waals surface area contributed by atoms with E-state index in [-0.39, 0.29) is 0 Å². The van der Waals surface area contributed by atoms with Crippen LogP contribution in [0.1, 0.15) is 0 Å². The zero-order valence-corrected chi connectivity index (χ0v) is 13.4. The van der Waals surface area contributed by atoms with Crippen molar-refractivity contribution < 1.29 is 8.42 Å². The maximum Gasteiger partial charge on any atom is 0.252 e. The van der Waals surface area contributed by atoms with Crippen molar-refractivity contribution in [3.63, 3.8) is 0 Å². The normalized spacial score (nSPS) is 12.3. The van der Waals surface area contributed by atoms with Gasteiger partial charge in [0.1, 0.15) is 4.21 Å². The molecule has 0 aromatic carbocycles. The number of nitrogens with zero attached hydrogens (tertiary/aromatic N) is 4. The summed E-state index contributed by atoms with van der Waals surface area (Å²) in [5.41, 5.74) is 0. The molecule has 0 atom stereocenters. The largest absolute Gasteiger partial charge is 0.305 e. The highest BCUT2D eigenvalue weighted by molar-refractivity contribution is 7.98. The Morgan fingerprint density at radius 2 is 2.00 bits per heavy atom. The number of thiophene rings is 1. The van der Waals surface area contributed by atoms with Gasteiger partial charge < -0.3 is 4.57 Å². The van der Waals surface area contributed by atoms with Crippen LogP contribution >= 0.6 is 23.1 Å². The number of hydrogen-bond acceptors (Lipinski definition) is 6. The fourth-order valence-corrected chi connectivity index (χ4v) is 4.44. The van der Waals surface area contributed by atoms with E-state index in [1.165, 1.54) is 41.5 Å². The van der Waals surface area contributed by atoms with Gasteiger partial charge in [-0.05, 0) is 18.4 Å². The molecule has 0 saturated heterocycles. The second kappa shape index (κ2) is 5.23. The number of sulfonamides is 1. The maximum atomic E-state index is 12.0. The van der Waals surface area contributed by atoms with Crippen LogP contribution in [-0.2, 0) is 17.1 Å². The fourth-order valence-electron chi connectivity index (χ4n) is 1.47. The average molecular weight is 318 g/mol. The third-order valence-electron chi connectivity index (χ3n) is 2.55. The molecule has 0 aliphatic heterocycles. The van der Waals surface area contributed by atoms with E-state index in [4.69, 9.17) is 0 Å². The van der Waals surface area contributed by atoms with Gasteiger partial charge in [0.05, 0.1) is 4.88 Å². The summed E-state index contributed by atoms with van der Waals surface area (Å²) in [6, 6.07) is 3.36. The molecule has 0 saturated carbocycles. The predicted octanol–water partition coefficient (Wildman–Crippen LogP) is 1.52. The molecule has 2 aromatic heterocycles. The molecule has 9 heteroatoms. The Bertz CT molecular complexity index is 687. The Morgan fingerprint density at radius 1 is 1.32 bits per heavy atom. The lowest BCUT2D eigenvalue weighted by Gasteiger charge is -2.08. The number of rotatable bonds is 4. The van der Waals surface area contributed by atoms with Crippen molar-refractivity contribution in [1.82, 2.24) is 19.1 Å². The van der Waals surface area contributed by atoms with Gasteiger partial charge in [-0.15, -0.1) is 21.5 Å². The Morgan fingerprint density at radius 3 is 2.53 bits per heavy atom. The summed E-state index contributed by atoms with van der Waals surface area (Å²) in [6.45, 7) is 0. The van der Waals surface area contributed by atoms with E-state index in [2.05, 4.69) is 10.2 Å². The van der Waals surface area contributed by atoms with E-state index >= 15 is 0 Å². The van der Waals surface area contributed by atoms with Crippen LogP contribution in [0.15, 0.2) is 21.5 Å². The molecular weight excluding hydrogens is 304 g/mol. The van der Waals surface area contributed by atoms with E-state index < -0.39 is 10.0 Å². The van der Waals surface area contributed by atoms with Gasteiger partial charge >= 0.3 is 0 Å². The van der Waals surface area contributed by atoms with Crippen LogP contribution in [0.3, 0.4) is 0 Å². The first-order chi connectivity index (χ1) is 8.87. The smallest absolute Gasteiger partial charge is 0.252 e. The lowest BCUT2D eigenvalue weighted by Crippen LogP contribution is -2.21. The zero-order valence-electron chi connectivity index (χ0n) is 11.0. The highest BCUT2D eigenvalue weighted by Crippen LogP contribution is 2.31. The molecule has 2 heterocycles. The van der Waals surface area contributed by atoms with Crippen molar-refractivity contribution in [2.75, 3.05) is 20.4 Å². The van der Waals surface area contributed by atoms with Crippen LogP contribution in [0.25, 0.3) is 10.7 Å². The molecular formula is C10H14N4O2S3. The second-order valence-corrected chi connectivity index (χ2v) is 8.21. The molecule has 0 radical (unpaired) electrons. The summed E-state index contributed by atoms with van der Waals surface area (Å²) < 4.78 is 27.4. The lowest BCUT2D eigenvalue weighted by atomic mass is 10.4. The van der Waals surface area contributed by atoms with Crippen LogP contribution in [-0.4, -0.2) is 47.8 Å². The third kappa shape index (κ3) is 2.55. The summed E-state index contributed by atoms with van der Waals surface area (Å²) in [7, 11) is 1.51. The molecule has 19 heavy (non-hydrogen) atoms. The lowest BCUT2D eigenvalue weighted by molar-refractivity contribution is 0.523. The van der Waals surface area contributed by atoms with Gasteiger partial charge in [0, 0.05) is 21.1 Å². The first kappa shape index (κ1) is 14.5. The van der Waals surface area contributed by atoms with Gasteiger partial charge in [0.15, 0.2) is 11.0 Å². The van der Waals surface area contributed by atoms with E-state index in [1.807, 2.05) is 17.9 Å². The summed E-state index contributed by atoms with van der Waals surface area (Å²) in [4.78, 5) is 0.788. The standard InChI is InChI=1S/C10H14N4O2S3/c1-13(2)19(15,16)8-6-5-7(18-8)9-11-12-10(17-4)14(9)3/h5-6H,1-4H3. The Kier molecular flexibility index (Phi) is 4.00. The average Bonchev–Trinajstić information content (AvgIpc) is 2.95. The molecule has 0 bridgehead atoms. The first-order valence-electron chi connectivity index (χ1n) is 5.34. The van der Waals surface area contributed by atoms with Crippen molar-refractivity contribution >= 4 is 33.1 Å².